The predicted octanol–water partition coefficient (Wildman–Crippen LogP) is 3.33. The van der Waals surface area contributed by atoms with Gasteiger partial charge in [-0.1, -0.05) is 31.1 Å². The van der Waals surface area contributed by atoms with Crippen molar-refractivity contribution >= 4 is 11.6 Å². The molecule has 130 valence electrons. The van der Waals surface area contributed by atoms with E-state index in [1.54, 1.807) is 24.5 Å². The van der Waals surface area contributed by atoms with Crippen molar-refractivity contribution in [1.29, 1.82) is 0 Å². The summed E-state index contributed by atoms with van der Waals surface area (Å²) in [6.07, 6.45) is 1.55. The molecule has 0 spiro atoms. The van der Waals surface area contributed by atoms with Crippen molar-refractivity contribution in [1.82, 2.24) is 15.5 Å². The van der Waals surface area contributed by atoms with Gasteiger partial charge in [0.25, 0.3) is 5.91 Å². The van der Waals surface area contributed by atoms with Crippen molar-refractivity contribution in [3.05, 3.63) is 54.1 Å². The van der Waals surface area contributed by atoms with E-state index in [9.17, 15) is 4.79 Å². The Morgan fingerprint density at radius 1 is 1.20 bits per heavy atom. The molecular formula is C18H20N4O3. The second-order valence-electron chi connectivity index (χ2n) is 5.99. The molecule has 3 rings (SSSR count). The Bertz CT molecular complexity index is 824. The van der Waals surface area contributed by atoms with Gasteiger partial charge >= 0.3 is 0 Å². The van der Waals surface area contributed by atoms with Crippen molar-refractivity contribution in [3.63, 3.8) is 0 Å². The number of hydrogen-bond donors (Lipinski definition) is 2. The van der Waals surface area contributed by atoms with E-state index in [4.69, 9.17) is 8.94 Å². The number of amides is 1. The van der Waals surface area contributed by atoms with Crippen LogP contribution in [0.1, 0.15) is 30.1 Å². The fourth-order valence-corrected chi connectivity index (χ4v) is 2.23. The van der Waals surface area contributed by atoms with Crippen molar-refractivity contribution in [3.8, 4) is 11.6 Å². The van der Waals surface area contributed by atoms with E-state index in [-0.39, 0.29) is 5.91 Å². The molecule has 0 saturated carbocycles. The van der Waals surface area contributed by atoms with Crippen LogP contribution in [0, 0.1) is 5.92 Å². The van der Waals surface area contributed by atoms with Gasteiger partial charge in [0, 0.05) is 12.2 Å². The second kappa shape index (κ2) is 7.65. The van der Waals surface area contributed by atoms with Gasteiger partial charge in [0.05, 0.1) is 18.4 Å². The first-order chi connectivity index (χ1) is 12.1. The molecule has 2 aromatic heterocycles. The highest BCUT2D eigenvalue weighted by Crippen LogP contribution is 2.18. The number of carbonyl (C=O) groups is 1. The van der Waals surface area contributed by atoms with Crippen LogP contribution in [0.15, 0.2) is 51.6 Å². The first kappa shape index (κ1) is 16.8. The zero-order valence-corrected chi connectivity index (χ0v) is 14.2. The van der Waals surface area contributed by atoms with E-state index in [2.05, 4.69) is 34.6 Å². The zero-order valence-electron chi connectivity index (χ0n) is 14.2. The lowest BCUT2D eigenvalue weighted by Gasteiger charge is -2.12. The van der Waals surface area contributed by atoms with Gasteiger partial charge < -0.3 is 19.6 Å². The van der Waals surface area contributed by atoms with Crippen LogP contribution in [-0.4, -0.2) is 22.6 Å². The number of nitrogens with one attached hydrogen (secondary N) is 2. The molecule has 0 unspecified atom stereocenters. The molecule has 0 aliphatic carbocycles. The Labute approximate surface area is 145 Å². The molecule has 1 amide bonds. The summed E-state index contributed by atoms with van der Waals surface area (Å²) in [6.45, 7) is 5.04. The molecule has 0 fully saturated rings. The number of para-hydroxylation sites is 1. The third kappa shape index (κ3) is 4.26. The van der Waals surface area contributed by atoms with Crippen LogP contribution in [0.4, 0.5) is 5.69 Å². The predicted molar refractivity (Wildman–Crippen MR) is 92.9 cm³/mol. The van der Waals surface area contributed by atoms with E-state index < -0.39 is 0 Å². The van der Waals surface area contributed by atoms with Crippen LogP contribution >= 0.6 is 0 Å². The van der Waals surface area contributed by atoms with Crippen LogP contribution < -0.4 is 10.6 Å². The average Bonchev–Trinajstić information content (AvgIpc) is 3.29. The summed E-state index contributed by atoms with van der Waals surface area (Å²) < 4.78 is 10.4. The smallest absolute Gasteiger partial charge is 0.253 e. The van der Waals surface area contributed by atoms with E-state index in [0.29, 0.717) is 47.7 Å². The zero-order chi connectivity index (χ0) is 17.6. The summed E-state index contributed by atoms with van der Waals surface area (Å²) in [7, 11) is 0. The largest absolute Gasteiger partial charge is 0.461 e. The van der Waals surface area contributed by atoms with Gasteiger partial charge in [0.2, 0.25) is 11.7 Å². The van der Waals surface area contributed by atoms with Crippen LogP contribution in [0.3, 0.4) is 0 Å². The highest BCUT2D eigenvalue weighted by Gasteiger charge is 2.13. The molecule has 0 saturated heterocycles. The molecule has 3 aromatic rings. The summed E-state index contributed by atoms with van der Waals surface area (Å²) in [5.41, 5.74) is 1.29. The van der Waals surface area contributed by atoms with Crippen LogP contribution in [0.5, 0.6) is 0 Å². The lowest BCUT2D eigenvalue weighted by Crippen LogP contribution is -2.28. The maximum atomic E-state index is 12.3. The maximum Gasteiger partial charge on any atom is 0.253 e. The molecule has 0 aliphatic rings. The first-order valence-electron chi connectivity index (χ1n) is 8.11. The van der Waals surface area contributed by atoms with E-state index >= 15 is 0 Å². The molecule has 0 atom stereocenters. The Hall–Kier alpha value is -3.09. The maximum absolute atomic E-state index is 12.3. The minimum Gasteiger partial charge on any atom is -0.461 e. The monoisotopic (exact) mass is 340 g/mol. The lowest BCUT2D eigenvalue weighted by molar-refractivity contribution is 0.0949. The molecule has 1 aromatic carbocycles. The second-order valence-corrected chi connectivity index (χ2v) is 5.99. The number of aromatic nitrogens is 2. The van der Waals surface area contributed by atoms with Gasteiger partial charge in [0.1, 0.15) is 0 Å². The average molecular weight is 340 g/mol. The van der Waals surface area contributed by atoms with Crippen molar-refractivity contribution in [2.75, 3.05) is 11.9 Å². The van der Waals surface area contributed by atoms with E-state index in [1.165, 1.54) is 0 Å². The molecule has 0 aliphatic heterocycles. The van der Waals surface area contributed by atoms with Crippen LogP contribution in [0.25, 0.3) is 11.6 Å². The normalized spacial score (nSPS) is 10.8. The Kier molecular flexibility index (Phi) is 5.13. The number of furan rings is 1. The number of rotatable bonds is 7. The summed E-state index contributed by atoms with van der Waals surface area (Å²) in [6, 6.07) is 10.8. The van der Waals surface area contributed by atoms with Gasteiger partial charge in [-0.15, -0.1) is 0 Å². The molecule has 2 heterocycles. The lowest BCUT2D eigenvalue weighted by atomic mass is 10.1. The number of carbonyl (C=O) groups excluding carboxylic acids is 1. The van der Waals surface area contributed by atoms with Gasteiger partial charge in [0.15, 0.2) is 5.76 Å². The van der Waals surface area contributed by atoms with Gasteiger partial charge in [-0.25, -0.2) is 0 Å². The number of anilines is 1. The molecule has 0 radical (unpaired) electrons. The molecule has 7 nitrogen and oxygen atoms in total. The Morgan fingerprint density at radius 2 is 2.04 bits per heavy atom. The summed E-state index contributed by atoms with van der Waals surface area (Å²) >= 11 is 0. The number of hydrogen-bond acceptors (Lipinski definition) is 6. The minimum atomic E-state index is -0.112. The fraction of sp³-hybridized carbons (Fsp3) is 0.278. The third-order valence-electron chi connectivity index (χ3n) is 3.48. The molecule has 7 heteroatoms. The van der Waals surface area contributed by atoms with E-state index in [0.717, 1.165) is 0 Å². The molecule has 25 heavy (non-hydrogen) atoms. The molecule has 0 bridgehead atoms. The Balaban J connectivity index is 1.66. The molecular weight excluding hydrogens is 320 g/mol. The summed E-state index contributed by atoms with van der Waals surface area (Å²) in [5, 5.41) is 9.96. The first-order valence-corrected chi connectivity index (χ1v) is 8.11. The fourth-order valence-electron chi connectivity index (χ4n) is 2.23. The minimum absolute atomic E-state index is 0.112. The quantitative estimate of drug-likeness (QED) is 0.685. The van der Waals surface area contributed by atoms with E-state index in [1.807, 2.05) is 18.2 Å². The molecule has 2 N–H and O–H groups in total. The number of nitrogens with zero attached hydrogens (tertiary/aromatic N) is 2. The van der Waals surface area contributed by atoms with Crippen molar-refractivity contribution in [2.24, 2.45) is 5.92 Å². The van der Waals surface area contributed by atoms with Crippen LogP contribution in [-0.2, 0) is 6.54 Å². The summed E-state index contributed by atoms with van der Waals surface area (Å²) in [4.78, 5) is 16.6. The van der Waals surface area contributed by atoms with Crippen molar-refractivity contribution < 1.29 is 13.7 Å². The highest BCUT2D eigenvalue weighted by molar-refractivity contribution is 5.99. The van der Waals surface area contributed by atoms with Crippen LogP contribution in [0.2, 0.25) is 0 Å². The standard InChI is InChI=1S/C18H20N4O3/c1-12(2)10-20-18(23)13-6-3-4-7-14(13)19-11-16-21-17(22-25-16)15-8-5-9-24-15/h3-9,12,19H,10-11H2,1-2H3,(H,20,23). The highest BCUT2D eigenvalue weighted by atomic mass is 16.5. The SMILES string of the molecule is CC(C)CNC(=O)c1ccccc1NCc1nc(-c2ccco2)no1. The van der Waals surface area contributed by atoms with Crippen molar-refractivity contribution in [2.45, 2.75) is 20.4 Å². The van der Waals surface area contributed by atoms with Gasteiger partial charge in [-0.2, -0.15) is 4.98 Å². The Morgan fingerprint density at radius 3 is 2.80 bits per heavy atom. The van der Waals surface area contributed by atoms with Gasteiger partial charge in [-0.3, -0.25) is 4.79 Å². The number of benzene rings is 1. The topological polar surface area (TPSA) is 93.2 Å². The summed E-state index contributed by atoms with van der Waals surface area (Å²) in [5.74, 6) is 1.62. The van der Waals surface area contributed by atoms with Gasteiger partial charge in [-0.05, 0) is 30.2 Å². The third-order valence-corrected chi connectivity index (χ3v) is 3.48.